The highest BCUT2D eigenvalue weighted by molar-refractivity contribution is 6.32. The predicted octanol–water partition coefficient (Wildman–Crippen LogP) is 7.71. The van der Waals surface area contributed by atoms with Gasteiger partial charge in [0.25, 0.3) is 0 Å². The Morgan fingerprint density at radius 1 is 0.630 bits per heavy atom. The lowest BCUT2D eigenvalue weighted by molar-refractivity contribution is 0.669. The summed E-state index contributed by atoms with van der Waals surface area (Å²) in [6.45, 7) is 0. The maximum Gasteiger partial charge on any atom is 0.139 e. The van der Waals surface area contributed by atoms with Gasteiger partial charge in [0, 0.05) is 27.8 Å². The molecule has 5 aromatic rings. The number of hydrogen-bond donors (Lipinski definition) is 0. The van der Waals surface area contributed by atoms with Crippen LogP contribution in [0.3, 0.4) is 0 Å². The number of anilines is 3. The fraction of sp³-hybridized carbons (Fsp3) is 0. The van der Waals surface area contributed by atoms with Crippen LogP contribution in [0.5, 0.6) is 0 Å². The van der Waals surface area contributed by atoms with Crippen molar-refractivity contribution in [1.29, 1.82) is 0 Å². The van der Waals surface area contributed by atoms with Gasteiger partial charge in [0.2, 0.25) is 0 Å². The van der Waals surface area contributed by atoms with Crippen molar-refractivity contribution in [3.8, 4) is 0 Å². The van der Waals surface area contributed by atoms with Crippen LogP contribution in [0, 0.1) is 0 Å². The summed E-state index contributed by atoms with van der Waals surface area (Å²) in [6.07, 6.45) is 0. The van der Waals surface area contributed by atoms with Crippen molar-refractivity contribution in [3.63, 3.8) is 0 Å². The van der Waals surface area contributed by atoms with Crippen LogP contribution in [0.1, 0.15) is 0 Å². The molecule has 0 radical (unpaired) electrons. The number of halogens is 1. The van der Waals surface area contributed by atoms with Crippen molar-refractivity contribution in [2.45, 2.75) is 0 Å². The van der Waals surface area contributed by atoms with Gasteiger partial charge in [-0.1, -0.05) is 66.2 Å². The fourth-order valence-corrected chi connectivity index (χ4v) is 3.76. The third-order valence-electron chi connectivity index (χ3n) is 4.69. The van der Waals surface area contributed by atoms with E-state index in [0.29, 0.717) is 5.02 Å². The summed E-state index contributed by atoms with van der Waals surface area (Å²) in [6, 6.07) is 32.6. The minimum Gasteiger partial charge on any atom is -0.456 e. The maximum atomic E-state index is 6.48. The van der Waals surface area contributed by atoms with E-state index >= 15 is 0 Å². The number of furan rings is 1. The molecule has 0 aliphatic rings. The Labute approximate surface area is 162 Å². The Hall–Kier alpha value is -3.23. The molecule has 0 aliphatic carbocycles. The van der Waals surface area contributed by atoms with Crippen LogP contribution in [0.25, 0.3) is 21.9 Å². The van der Waals surface area contributed by atoms with E-state index in [1.165, 1.54) is 0 Å². The van der Waals surface area contributed by atoms with Gasteiger partial charge in [-0.2, -0.15) is 0 Å². The van der Waals surface area contributed by atoms with E-state index in [2.05, 4.69) is 35.2 Å². The summed E-state index contributed by atoms with van der Waals surface area (Å²) >= 11 is 6.48. The quantitative estimate of drug-likeness (QED) is 0.324. The smallest absolute Gasteiger partial charge is 0.139 e. The lowest BCUT2D eigenvalue weighted by Crippen LogP contribution is -2.10. The molecule has 0 atom stereocenters. The van der Waals surface area contributed by atoms with Crippen LogP contribution < -0.4 is 4.90 Å². The zero-order chi connectivity index (χ0) is 18.2. The van der Waals surface area contributed by atoms with Gasteiger partial charge in [-0.3, -0.25) is 0 Å². The van der Waals surface area contributed by atoms with Crippen LogP contribution in [-0.4, -0.2) is 0 Å². The molecule has 130 valence electrons. The summed E-state index contributed by atoms with van der Waals surface area (Å²) in [4.78, 5) is 2.22. The Kier molecular flexibility index (Phi) is 3.84. The summed E-state index contributed by atoms with van der Waals surface area (Å²) in [7, 11) is 0. The average molecular weight is 370 g/mol. The van der Waals surface area contributed by atoms with Gasteiger partial charge in [0.1, 0.15) is 11.2 Å². The SMILES string of the molecule is Clc1cc(N(c2ccccc2)c2ccccc2)c2c(c1)oc1ccccc12. The summed E-state index contributed by atoms with van der Waals surface area (Å²) < 4.78 is 6.08. The second-order valence-corrected chi connectivity index (χ2v) is 6.84. The van der Waals surface area contributed by atoms with Gasteiger partial charge in [0.15, 0.2) is 0 Å². The molecule has 2 nitrogen and oxygen atoms in total. The van der Waals surface area contributed by atoms with Crippen LogP contribution in [-0.2, 0) is 0 Å². The molecule has 0 aliphatic heterocycles. The number of rotatable bonds is 3. The van der Waals surface area contributed by atoms with E-state index in [-0.39, 0.29) is 0 Å². The van der Waals surface area contributed by atoms with Crippen molar-refractivity contribution < 1.29 is 4.42 Å². The monoisotopic (exact) mass is 369 g/mol. The molecule has 0 saturated heterocycles. The van der Waals surface area contributed by atoms with Gasteiger partial charge in [0.05, 0.1) is 11.1 Å². The van der Waals surface area contributed by atoms with Crippen LogP contribution in [0.15, 0.2) is 101 Å². The minimum atomic E-state index is 0.647. The highest BCUT2D eigenvalue weighted by atomic mass is 35.5. The number of fused-ring (bicyclic) bond motifs is 3. The zero-order valence-electron chi connectivity index (χ0n) is 14.5. The molecule has 0 spiro atoms. The van der Waals surface area contributed by atoms with Crippen LogP contribution >= 0.6 is 11.6 Å². The third-order valence-corrected chi connectivity index (χ3v) is 4.91. The van der Waals surface area contributed by atoms with Crippen molar-refractivity contribution in [2.75, 3.05) is 4.90 Å². The average Bonchev–Trinajstić information content (AvgIpc) is 3.08. The molecular formula is C24H16ClNO. The summed E-state index contributed by atoms with van der Waals surface area (Å²) in [5.41, 5.74) is 4.78. The first-order chi connectivity index (χ1) is 13.3. The van der Waals surface area contributed by atoms with Gasteiger partial charge < -0.3 is 9.32 Å². The molecule has 27 heavy (non-hydrogen) atoms. The fourth-order valence-electron chi connectivity index (χ4n) is 3.56. The second kappa shape index (κ2) is 6.49. The second-order valence-electron chi connectivity index (χ2n) is 6.40. The molecule has 0 unspecified atom stereocenters. The topological polar surface area (TPSA) is 16.4 Å². The van der Waals surface area contributed by atoms with E-state index in [1.54, 1.807) is 0 Å². The normalized spacial score (nSPS) is 11.1. The molecule has 0 fully saturated rings. The highest BCUT2D eigenvalue weighted by Crippen LogP contribution is 2.43. The Bertz CT molecular complexity index is 1190. The standard InChI is InChI=1S/C24H16ClNO/c25-17-15-21(24-20-13-7-8-14-22(20)27-23(24)16-17)26(18-9-3-1-4-10-18)19-11-5-2-6-12-19/h1-16H. The molecule has 0 amide bonds. The summed E-state index contributed by atoms with van der Waals surface area (Å²) in [5, 5.41) is 2.78. The molecule has 5 rings (SSSR count). The van der Waals surface area contributed by atoms with Crippen LogP contribution in [0.2, 0.25) is 5.02 Å². The molecular weight excluding hydrogens is 354 g/mol. The van der Waals surface area contributed by atoms with E-state index in [0.717, 1.165) is 39.0 Å². The van der Waals surface area contributed by atoms with E-state index < -0.39 is 0 Å². The van der Waals surface area contributed by atoms with E-state index in [9.17, 15) is 0 Å². The molecule has 4 aromatic carbocycles. The highest BCUT2D eigenvalue weighted by Gasteiger charge is 2.19. The first-order valence-corrected chi connectivity index (χ1v) is 9.20. The van der Waals surface area contributed by atoms with E-state index in [1.807, 2.05) is 66.7 Å². The Balaban J connectivity index is 1.88. The summed E-state index contributed by atoms with van der Waals surface area (Å²) in [5.74, 6) is 0. The first-order valence-electron chi connectivity index (χ1n) is 8.82. The molecule has 1 aromatic heterocycles. The van der Waals surface area contributed by atoms with Crippen molar-refractivity contribution >= 4 is 50.6 Å². The largest absolute Gasteiger partial charge is 0.456 e. The third kappa shape index (κ3) is 2.75. The maximum absolute atomic E-state index is 6.48. The molecule has 0 bridgehead atoms. The lowest BCUT2D eigenvalue weighted by Gasteiger charge is -2.26. The Morgan fingerprint density at radius 2 is 1.22 bits per heavy atom. The molecule has 0 saturated carbocycles. The van der Waals surface area contributed by atoms with Crippen molar-refractivity contribution in [3.05, 3.63) is 102 Å². The molecule has 3 heteroatoms. The number of nitrogens with zero attached hydrogens (tertiary/aromatic N) is 1. The molecule has 0 N–H and O–H groups in total. The van der Waals surface area contributed by atoms with Crippen molar-refractivity contribution in [2.24, 2.45) is 0 Å². The predicted molar refractivity (Wildman–Crippen MR) is 113 cm³/mol. The number of benzene rings is 4. The van der Waals surface area contributed by atoms with Crippen molar-refractivity contribution in [1.82, 2.24) is 0 Å². The molecule has 1 heterocycles. The van der Waals surface area contributed by atoms with E-state index in [4.69, 9.17) is 16.0 Å². The van der Waals surface area contributed by atoms with Gasteiger partial charge in [-0.05, 0) is 36.4 Å². The minimum absolute atomic E-state index is 0.647. The number of para-hydroxylation sites is 3. The van der Waals surface area contributed by atoms with Gasteiger partial charge in [-0.25, -0.2) is 0 Å². The Morgan fingerprint density at radius 3 is 1.89 bits per heavy atom. The van der Waals surface area contributed by atoms with Crippen LogP contribution in [0.4, 0.5) is 17.1 Å². The zero-order valence-corrected chi connectivity index (χ0v) is 15.2. The van der Waals surface area contributed by atoms with Gasteiger partial charge in [-0.15, -0.1) is 0 Å². The first kappa shape index (κ1) is 16.0. The lowest BCUT2D eigenvalue weighted by atomic mass is 10.1. The number of hydrogen-bond acceptors (Lipinski definition) is 2. The van der Waals surface area contributed by atoms with Gasteiger partial charge >= 0.3 is 0 Å².